The minimum absolute atomic E-state index is 0.188. The molecule has 2 heteroatoms. The van der Waals surface area contributed by atoms with Crippen LogP contribution in [0.15, 0.2) is 0 Å². The van der Waals surface area contributed by atoms with Crippen molar-refractivity contribution < 1.29 is 9.53 Å². The summed E-state index contributed by atoms with van der Waals surface area (Å²) in [6, 6.07) is 0. The van der Waals surface area contributed by atoms with Crippen LogP contribution in [0.5, 0.6) is 0 Å². The van der Waals surface area contributed by atoms with Crippen LogP contribution in [0, 0.1) is 11.8 Å². The first-order chi connectivity index (χ1) is 6.59. The largest absolute Gasteiger partial charge is 0.367 e. The Hall–Kier alpha value is -0.370. The highest BCUT2D eigenvalue weighted by Crippen LogP contribution is 2.35. The number of carbonyl (C=O) groups excluding carboxylic acids is 1. The van der Waals surface area contributed by atoms with Gasteiger partial charge in [0, 0.05) is 5.92 Å². The van der Waals surface area contributed by atoms with E-state index in [9.17, 15) is 4.79 Å². The summed E-state index contributed by atoms with van der Waals surface area (Å²) in [4.78, 5) is 11.9. The molecule has 1 aliphatic heterocycles. The molecule has 1 saturated carbocycles. The Balaban J connectivity index is 1.90. The highest BCUT2D eigenvalue weighted by molar-refractivity contribution is 5.90. The molecular weight excluding hydrogens is 176 g/mol. The van der Waals surface area contributed by atoms with E-state index >= 15 is 0 Å². The van der Waals surface area contributed by atoms with Crippen molar-refractivity contribution in [3.05, 3.63) is 0 Å². The van der Waals surface area contributed by atoms with Crippen molar-refractivity contribution >= 4 is 5.78 Å². The summed E-state index contributed by atoms with van der Waals surface area (Å²) in [6.07, 6.45) is 6.43. The van der Waals surface area contributed by atoms with Gasteiger partial charge in [-0.3, -0.25) is 4.79 Å². The van der Waals surface area contributed by atoms with E-state index in [2.05, 4.69) is 0 Å². The molecule has 1 unspecified atom stereocenters. The third-order valence-corrected chi connectivity index (χ3v) is 3.70. The molecule has 0 radical (unpaired) electrons. The lowest BCUT2D eigenvalue weighted by Crippen LogP contribution is -2.30. The van der Waals surface area contributed by atoms with Crippen LogP contribution >= 0.6 is 0 Å². The summed E-state index contributed by atoms with van der Waals surface area (Å²) in [5.74, 6) is 1.30. The number of ketones is 1. The van der Waals surface area contributed by atoms with E-state index in [1.54, 1.807) is 0 Å². The number of rotatable bonds is 2. The minimum atomic E-state index is -0.511. The predicted molar refractivity (Wildman–Crippen MR) is 55.1 cm³/mol. The number of Topliss-reactive ketones (excluding diaryl/α,β-unsaturated/α-hetero) is 1. The Morgan fingerprint density at radius 1 is 1.36 bits per heavy atom. The van der Waals surface area contributed by atoms with Crippen molar-refractivity contribution in [1.29, 1.82) is 0 Å². The van der Waals surface area contributed by atoms with Gasteiger partial charge in [0.2, 0.25) is 0 Å². The molecule has 0 aromatic carbocycles. The van der Waals surface area contributed by atoms with Crippen molar-refractivity contribution in [3.8, 4) is 0 Å². The maximum atomic E-state index is 11.9. The summed E-state index contributed by atoms with van der Waals surface area (Å²) in [6.45, 7) is 4.44. The Morgan fingerprint density at radius 3 is 2.50 bits per heavy atom. The molecule has 0 N–H and O–H groups in total. The average Bonchev–Trinajstić information content (AvgIpc) is 2.70. The predicted octanol–water partition coefficient (Wildman–Crippen LogP) is 2.56. The minimum Gasteiger partial charge on any atom is -0.367 e. The van der Waals surface area contributed by atoms with E-state index in [4.69, 9.17) is 4.74 Å². The Bertz CT molecular complexity index is 226. The fourth-order valence-corrected chi connectivity index (χ4v) is 2.77. The van der Waals surface area contributed by atoms with Crippen molar-refractivity contribution in [2.24, 2.45) is 11.8 Å². The molecule has 2 fully saturated rings. The number of ether oxygens (including phenoxy) is 1. The molecule has 14 heavy (non-hydrogen) atoms. The molecule has 1 atom stereocenters. The molecule has 0 aromatic rings. The molecule has 2 nitrogen and oxygen atoms in total. The number of hydrogen-bond donors (Lipinski definition) is 0. The third-order valence-electron chi connectivity index (χ3n) is 3.70. The van der Waals surface area contributed by atoms with Crippen LogP contribution in [0.4, 0.5) is 0 Å². The summed E-state index contributed by atoms with van der Waals surface area (Å²) in [5, 5.41) is 0. The zero-order valence-corrected chi connectivity index (χ0v) is 9.21. The monoisotopic (exact) mass is 196 g/mol. The van der Waals surface area contributed by atoms with Crippen molar-refractivity contribution in [3.63, 3.8) is 0 Å². The molecule has 2 aliphatic rings. The smallest absolute Gasteiger partial charge is 0.169 e. The first kappa shape index (κ1) is 10.2. The molecule has 1 saturated heterocycles. The zero-order chi connectivity index (χ0) is 10.2. The Labute approximate surface area is 86.0 Å². The Kier molecular flexibility index (Phi) is 2.65. The molecule has 1 heterocycles. The van der Waals surface area contributed by atoms with E-state index in [0.717, 1.165) is 12.3 Å². The number of hydrogen-bond acceptors (Lipinski definition) is 2. The quantitative estimate of drug-likeness (QED) is 0.678. The van der Waals surface area contributed by atoms with Crippen LogP contribution in [0.25, 0.3) is 0 Å². The summed E-state index contributed by atoms with van der Waals surface area (Å²) in [7, 11) is 0. The van der Waals surface area contributed by atoms with Crippen LogP contribution in [-0.2, 0) is 9.53 Å². The van der Waals surface area contributed by atoms with Gasteiger partial charge in [-0.2, -0.15) is 0 Å². The van der Waals surface area contributed by atoms with Gasteiger partial charge in [0.25, 0.3) is 0 Å². The second-order valence-corrected chi connectivity index (χ2v) is 5.27. The molecule has 0 spiro atoms. The van der Waals surface area contributed by atoms with Gasteiger partial charge in [-0.25, -0.2) is 0 Å². The van der Waals surface area contributed by atoms with Crippen LogP contribution in [0.1, 0.15) is 46.0 Å². The molecule has 0 bridgehead atoms. The number of carbonyl (C=O) groups is 1. The van der Waals surface area contributed by atoms with Crippen LogP contribution in [0.3, 0.4) is 0 Å². The van der Waals surface area contributed by atoms with E-state index in [-0.39, 0.29) is 5.92 Å². The maximum absolute atomic E-state index is 11.9. The Morgan fingerprint density at radius 2 is 2.00 bits per heavy atom. The standard InChI is InChI=1S/C12H20O2/c1-12(2)11(13)10(8-14-12)7-9-5-3-4-6-9/h9-10H,3-8H2,1-2H3. The maximum Gasteiger partial charge on any atom is 0.169 e. The van der Waals surface area contributed by atoms with Gasteiger partial charge in [0.05, 0.1) is 6.61 Å². The van der Waals surface area contributed by atoms with Crippen molar-refractivity contribution in [2.45, 2.75) is 51.6 Å². The van der Waals surface area contributed by atoms with Crippen LogP contribution < -0.4 is 0 Å². The molecule has 0 amide bonds. The van der Waals surface area contributed by atoms with Crippen LogP contribution in [0.2, 0.25) is 0 Å². The van der Waals surface area contributed by atoms with Gasteiger partial charge in [-0.05, 0) is 26.2 Å². The molecule has 0 aromatic heterocycles. The van der Waals surface area contributed by atoms with Gasteiger partial charge >= 0.3 is 0 Å². The summed E-state index contributed by atoms with van der Waals surface area (Å²) in [5.41, 5.74) is -0.511. The zero-order valence-electron chi connectivity index (χ0n) is 9.21. The lowest BCUT2D eigenvalue weighted by molar-refractivity contribution is -0.130. The van der Waals surface area contributed by atoms with Gasteiger partial charge < -0.3 is 4.74 Å². The topological polar surface area (TPSA) is 26.3 Å². The SMILES string of the molecule is CC1(C)OCC(CC2CCCC2)C1=O. The van der Waals surface area contributed by atoms with Gasteiger partial charge in [-0.1, -0.05) is 25.7 Å². The molecule has 1 aliphatic carbocycles. The summed E-state index contributed by atoms with van der Waals surface area (Å²) < 4.78 is 5.53. The second-order valence-electron chi connectivity index (χ2n) is 5.27. The van der Waals surface area contributed by atoms with Gasteiger partial charge in [-0.15, -0.1) is 0 Å². The van der Waals surface area contributed by atoms with Crippen LogP contribution in [-0.4, -0.2) is 18.0 Å². The fourth-order valence-electron chi connectivity index (χ4n) is 2.77. The third kappa shape index (κ3) is 1.85. The lowest BCUT2D eigenvalue weighted by Gasteiger charge is -2.16. The van der Waals surface area contributed by atoms with Gasteiger partial charge in [0.1, 0.15) is 5.60 Å². The van der Waals surface area contributed by atoms with E-state index in [1.807, 2.05) is 13.8 Å². The first-order valence-electron chi connectivity index (χ1n) is 5.78. The molecule has 2 rings (SSSR count). The van der Waals surface area contributed by atoms with Gasteiger partial charge in [0.15, 0.2) is 5.78 Å². The van der Waals surface area contributed by atoms with E-state index in [1.165, 1.54) is 25.7 Å². The second kappa shape index (κ2) is 3.65. The summed E-state index contributed by atoms with van der Waals surface area (Å²) >= 11 is 0. The lowest BCUT2D eigenvalue weighted by atomic mass is 9.87. The molecular formula is C12H20O2. The van der Waals surface area contributed by atoms with Crippen molar-refractivity contribution in [2.75, 3.05) is 6.61 Å². The average molecular weight is 196 g/mol. The fraction of sp³-hybridized carbons (Fsp3) is 0.917. The highest BCUT2D eigenvalue weighted by atomic mass is 16.5. The first-order valence-corrected chi connectivity index (χ1v) is 5.78. The highest BCUT2D eigenvalue weighted by Gasteiger charge is 2.42. The van der Waals surface area contributed by atoms with E-state index in [0.29, 0.717) is 12.4 Å². The van der Waals surface area contributed by atoms with E-state index < -0.39 is 5.60 Å². The van der Waals surface area contributed by atoms with Crippen molar-refractivity contribution in [1.82, 2.24) is 0 Å². The molecule has 80 valence electrons. The normalized spacial score (nSPS) is 32.7.